The van der Waals surface area contributed by atoms with E-state index in [1.54, 1.807) is 0 Å². The molecular formula is C16H19N3. The van der Waals surface area contributed by atoms with Crippen LogP contribution < -0.4 is 10.2 Å². The first-order valence-corrected chi connectivity index (χ1v) is 6.26. The third kappa shape index (κ3) is 2.94. The van der Waals surface area contributed by atoms with Gasteiger partial charge < -0.3 is 10.2 Å². The maximum Gasteiger partial charge on any atom is 0.0684 e. The SMILES string of the molecule is CNc1ccc(C(=N)c2ccc(N(C)C)cc2)cc1. The highest BCUT2D eigenvalue weighted by Crippen LogP contribution is 2.16. The summed E-state index contributed by atoms with van der Waals surface area (Å²) in [5, 5.41) is 11.3. The summed E-state index contributed by atoms with van der Waals surface area (Å²) in [5.41, 5.74) is 4.61. The molecule has 3 heteroatoms. The van der Waals surface area contributed by atoms with Crippen LogP contribution in [0.25, 0.3) is 0 Å². The topological polar surface area (TPSA) is 39.1 Å². The molecule has 19 heavy (non-hydrogen) atoms. The van der Waals surface area contributed by atoms with Gasteiger partial charge in [0.15, 0.2) is 0 Å². The van der Waals surface area contributed by atoms with Crippen molar-refractivity contribution in [1.82, 2.24) is 0 Å². The minimum absolute atomic E-state index is 0.549. The lowest BCUT2D eigenvalue weighted by molar-refractivity contribution is 1.13. The van der Waals surface area contributed by atoms with Crippen molar-refractivity contribution >= 4 is 17.1 Å². The van der Waals surface area contributed by atoms with E-state index in [4.69, 9.17) is 5.41 Å². The van der Waals surface area contributed by atoms with Crippen LogP contribution in [-0.4, -0.2) is 26.9 Å². The van der Waals surface area contributed by atoms with Crippen LogP contribution in [0, 0.1) is 5.41 Å². The second-order valence-corrected chi connectivity index (χ2v) is 4.64. The Hall–Kier alpha value is -2.29. The van der Waals surface area contributed by atoms with Crippen molar-refractivity contribution in [2.75, 3.05) is 31.4 Å². The molecule has 0 fully saturated rings. The lowest BCUT2D eigenvalue weighted by Gasteiger charge is -2.13. The fraction of sp³-hybridized carbons (Fsp3) is 0.188. The predicted octanol–water partition coefficient (Wildman–Crippen LogP) is 3.21. The molecule has 2 rings (SSSR count). The molecule has 0 amide bonds. The lowest BCUT2D eigenvalue weighted by atomic mass is 10.0. The number of hydrogen-bond donors (Lipinski definition) is 2. The molecule has 3 nitrogen and oxygen atoms in total. The molecule has 0 unspecified atom stereocenters. The van der Waals surface area contributed by atoms with Crippen molar-refractivity contribution in [2.45, 2.75) is 0 Å². The second kappa shape index (κ2) is 5.57. The van der Waals surface area contributed by atoms with E-state index in [9.17, 15) is 0 Å². The summed E-state index contributed by atoms with van der Waals surface area (Å²) in [6.07, 6.45) is 0. The molecule has 2 aromatic rings. The van der Waals surface area contributed by atoms with E-state index in [-0.39, 0.29) is 0 Å². The normalized spacial score (nSPS) is 10.1. The van der Waals surface area contributed by atoms with E-state index in [0.29, 0.717) is 5.71 Å². The first-order valence-electron chi connectivity index (χ1n) is 6.26. The molecule has 0 radical (unpaired) electrons. The Morgan fingerprint density at radius 2 is 1.37 bits per heavy atom. The van der Waals surface area contributed by atoms with Gasteiger partial charge in [0.2, 0.25) is 0 Å². The zero-order chi connectivity index (χ0) is 13.8. The maximum atomic E-state index is 8.24. The molecule has 98 valence electrons. The lowest BCUT2D eigenvalue weighted by Crippen LogP contribution is -2.09. The van der Waals surface area contributed by atoms with Crippen molar-refractivity contribution < 1.29 is 0 Å². The van der Waals surface area contributed by atoms with E-state index in [2.05, 4.69) is 10.2 Å². The quantitative estimate of drug-likeness (QED) is 0.821. The zero-order valence-corrected chi connectivity index (χ0v) is 11.6. The van der Waals surface area contributed by atoms with E-state index < -0.39 is 0 Å². The summed E-state index contributed by atoms with van der Waals surface area (Å²) in [7, 11) is 5.91. The molecule has 0 aliphatic rings. The van der Waals surface area contributed by atoms with E-state index in [1.807, 2.05) is 69.7 Å². The molecule has 0 aliphatic heterocycles. The Morgan fingerprint density at radius 3 is 1.79 bits per heavy atom. The van der Waals surface area contributed by atoms with Gasteiger partial charge in [-0.25, -0.2) is 0 Å². The molecule has 0 spiro atoms. The standard InChI is InChI=1S/C16H19N3/c1-18-14-8-4-12(5-9-14)16(17)13-6-10-15(11-7-13)19(2)3/h4-11,17-18H,1-3H3. The number of anilines is 2. The van der Waals surface area contributed by atoms with Gasteiger partial charge in [-0.05, 0) is 24.3 Å². The number of rotatable bonds is 4. The van der Waals surface area contributed by atoms with E-state index >= 15 is 0 Å². The molecule has 0 saturated carbocycles. The highest BCUT2D eigenvalue weighted by atomic mass is 15.1. The van der Waals surface area contributed by atoms with Gasteiger partial charge in [0, 0.05) is 43.6 Å². The molecule has 0 heterocycles. The molecule has 0 atom stereocenters. The average molecular weight is 253 g/mol. The van der Waals surface area contributed by atoms with Gasteiger partial charge in [-0.1, -0.05) is 24.3 Å². The highest BCUT2D eigenvalue weighted by molar-refractivity contribution is 6.11. The van der Waals surface area contributed by atoms with Crippen molar-refractivity contribution in [3.63, 3.8) is 0 Å². The summed E-state index contributed by atoms with van der Waals surface area (Å²) < 4.78 is 0. The van der Waals surface area contributed by atoms with Gasteiger partial charge in [0.1, 0.15) is 0 Å². The minimum Gasteiger partial charge on any atom is -0.388 e. The summed E-state index contributed by atoms with van der Waals surface area (Å²) in [4.78, 5) is 2.05. The summed E-state index contributed by atoms with van der Waals surface area (Å²) in [5.74, 6) is 0. The minimum atomic E-state index is 0.549. The Labute approximate surface area is 114 Å². The van der Waals surface area contributed by atoms with Crippen LogP contribution in [0.1, 0.15) is 11.1 Å². The van der Waals surface area contributed by atoms with Crippen LogP contribution in [0.2, 0.25) is 0 Å². The van der Waals surface area contributed by atoms with Gasteiger partial charge in [-0.15, -0.1) is 0 Å². The fourth-order valence-corrected chi connectivity index (χ4v) is 1.90. The van der Waals surface area contributed by atoms with Gasteiger partial charge >= 0.3 is 0 Å². The molecule has 2 aromatic carbocycles. The van der Waals surface area contributed by atoms with Crippen molar-refractivity contribution in [3.05, 3.63) is 59.7 Å². The smallest absolute Gasteiger partial charge is 0.0684 e. The number of nitrogens with one attached hydrogen (secondary N) is 2. The third-order valence-corrected chi connectivity index (χ3v) is 3.13. The van der Waals surface area contributed by atoms with Crippen LogP contribution in [0.15, 0.2) is 48.5 Å². The van der Waals surface area contributed by atoms with Gasteiger partial charge in [-0.2, -0.15) is 0 Å². The van der Waals surface area contributed by atoms with Gasteiger partial charge in [0.05, 0.1) is 5.71 Å². The Morgan fingerprint density at radius 1 is 0.895 bits per heavy atom. The molecule has 2 N–H and O–H groups in total. The largest absolute Gasteiger partial charge is 0.388 e. The number of benzene rings is 2. The summed E-state index contributed by atoms with van der Waals surface area (Å²) in [6.45, 7) is 0. The monoisotopic (exact) mass is 253 g/mol. The second-order valence-electron chi connectivity index (χ2n) is 4.64. The van der Waals surface area contributed by atoms with Crippen molar-refractivity contribution in [1.29, 1.82) is 5.41 Å². The van der Waals surface area contributed by atoms with Crippen LogP contribution in [0.3, 0.4) is 0 Å². The summed E-state index contributed by atoms with van der Waals surface area (Å²) in [6, 6.07) is 15.9. The highest BCUT2D eigenvalue weighted by Gasteiger charge is 2.05. The van der Waals surface area contributed by atoms with Crippen LogP contribution in [-0.2, 0) is 0 Å². The van der Waals surface area contributed by atoms with Crippen LogP contribution in [0.4, 0.5) is 11.4 Å². The van der Waals surface area contributed by atoms with Gasteiger partial charge in [0.25, 0.3) is 0 Å². The maximum absolute atomic E-state index is 8.24. The molecule has 0 aliphatic carbocycles. The van der Waals surface area contributed by atoms with Gasteiger partial charge in [-0.3, -0.25) is 5.41 Å². The molecule has 0 saturated heterocycles. The van der Waals surface area contributed by atoms with Crippen molar-refractivity contribution in [3.8, 4) is 0 Å². The fourth-order valence-electron chi connectivity index (χ4n) is 1.90. The van der Waals surface area contributed by atoms with Crippen LogP contribution in [0.5, 0.6) is 0 Å². The Kier molecular flexibility index (Phi) is 3.85. The first-order chi connectivity index (χ1) is 9.11. The zero-order valence-electron chi connectivity index (χ0n) is 11.6. The molecular weight excluding hydrogens is 234 g/mol. The predicted molar refractivity (Wildman–Crippen MR) is 82.7 cm³/mol. The van der Waals surface area contributed by atoms with Crippen molar-refractivity contribution in [2.24, 2.45) is 0 Å². The first kappa shape index (κ1) is 13.1. The average Bonchev–Trinajstić information content (AvgIpc) is 2.46. The third-order valence-electron chi connectivity index (χ3n) is 3.13. The Balaban J connectivity index is 2.22. The number of hydrogen-bond acceptors (Lipinski definition) is 3. The van der Waals surface area contributed by atoms with Crippen LogP contribution >= 0.6 is 0 Å². The molecule has 0 aromatic heterocycles. The Bertz CT molecular complexity index is 554. The summed E-state index contributed by atoms with van der Waals surface area (Å²) >= 11 is 0. The van der Waals surface area contributed by atoms with E-state index in [0.717, 1.165) is 22.5 Å². The molecule has 0 bridgehead atoms. The number of nitrogens with zero attached hydrogens (tertiary/aromatic N) is 1. The van der Waals surface area contributed by atoms with E-state index in [1.165, 1.54) is 0 Å².